The minimum atomic E-state index is -3.79. The van der Waals surface area contributed by atoms with Gasteiger partial charge in [-0.2, -0.15) is 0 Å². The van der Waals surface area contributed by atoms with Gasteiger partial charge in [-0.3, -0.25) is 9.78 Å². The molecule has 0 saturated carbocycles. The molecule has 0 bridgehead atoms. The summed E-state index contributed by atoms with van der Waals surface area (Å²) in [4.78, 5) is 15.6. The molecule has 24 heavy (non-hydrogen) atoms. The van der Waals surface area contributed by atoms with E-state index in [-0.39, 0.29) is 29.4 Å². The molecule has 2 heterocycles. The maximum absolute atomic E-state index is 12.3. The number of rotatable bonds is 6. The molecule has 0 aliphatic carbocycles. The van der Waals surface area contributed by atoms with Crippen LogP contribution in [0.5, 0.6) is 0 Å². The molecular weight excluding hydrogens is 334 g/mol. The van der Waals surface area contributed by atoms with Gasteiger partial charge in [-0.15, -0.1) is 0 Å². The van der Waals surface area contributed by atoms with Gasteiger partial charge in [0.05, 0.1) is 0 Å². The fraction of sp³-hybridized carbons (Fsp3) is 0.143. The molecular formula is C14H13N5O4S. The first-order valence-electron chi connectivity index (χ1n) is 6.97. The van der Waals surface area contributed by atoms with Gasteiger partial charge in [-0.05, 0) is 34.6 Å². The number of benzene rings is 1. The summed E-state index contributed by atoms with van der Waals surface area (Å²) in [6.45, 7) is 0.161. The van der Waals surface area contributed by atoms with Crippen molar-refractivity contribution in [2.75, 3.05) is 13.1 Å². The molecule has 10 heteroatoms. The average molecular weight is 347 g/mol. The van der Waals surface area contributed by atoms with Crippen LogP contribution in [0.25, 0.3) is 11.0 Å². The quantitative estimate of drug-likeness (QED) is 0.615. The molecule has 0 saturated heterocycles. The summed E-state index contributed by atoms with van der Waals surface area (Å²) >= 11 is 0. The van der Waals surface area contributed by atoms with E-state index in [1.807, 2.05) is 0 Å². The summed E-state index contributed by atoms with van der Waals surface area (Å²) in [6, 6.07) is 7.69. The van der Waals surface area contributed by atoms with Crippen LogP contribution in [0, 0.1) is 0 Å². The number of carbonyl (C=O) groups excluding carboxylic acids is 1. The Balaban J connectivity index is 1.60. The third-order valence-corrected chi connectivity index (χ3v) is 4.68. The Labute approximate surface area is 137 Å². The Bertz CT molecular complexity index is 955. The molecule has 0 unspecified atom stereocenters. The first kappa shape index (κ1) is 16.0. The molecule has 2 N–H and O–H groups in total. The first-order valence-corrected chi connectivity index (χ1v) is 8.45. The van der Waals surface area contributed by atoms with Crippen molar-refractivity contribution in [3.05, 3.63) is 48.3 Å². The maximum atomic E-state index is 12.3. The van der Waals surface area contributed by atoms with Crippen molar-refractivity contribution in [2.45, 2.75) is 4.90 Å². The van der Waals surface area contributed by atoms with E-state index in [0.29, 0.717) is 11.1 Å². The number of amides is 1. The fourth-order valence-electron chi connectivity index (χ4n) is 2.04. The number of carbonyl (C=O) groups is 1. The Morgan fingerprint density at radius 3 is 2.67 bits per heavy atom. The molecule has 124 valence electrons. The number of aromatic nitrogens is 3. The Morgan fingerprint density at radius 1 is 1.08 bits per heavy atom. The van der Waals surface area contributed by atoms with Crippen molar-refractivity contribution in [3.63, 3.8) is 0 Å². The van der Waals surface area contributed by atoms with Gasteiger partial charge in [0, 0.05) is 31.0 Å². The molecule has 3 aromatic rings. The van der Waals surface area contributed by atoms with E-state index in [1.165, 1.54) is 18.5 Å². The van der Waals surface area contributed by atoms with Gasteiger partial charge in [-0.1, -0.05) is 6.07 Å². The summed E-state index contributed by atoms with van der Waals surface area (Å²) in [5.74, 6) is -0.306. The fourth-order valence-corrected chi connectivity index (χ4v) is 3.22. The zero-order chi connectivity index (χ0) is 17.0. The molecule has 0 spiro atoms. The van der Waals surface area contributed by atoms with Crippen LogP contribution in [0.3, 0.4) is 0 Å². The Hall–Kier alpha value is -2.85. The second kappa shape index (κ2) is 6.72. The van der Waals surface area contributed by atoms with E-state index in [9.17, 15) is 13.2 Å². The number of sulfonamides is 1. The molecule has 0 atom stereocenters. The molecule has 0 aliphatic rings. The number of nitrogens with one attached hydrogen (secondary N) is 2. The summed E-state index contributed by atoms with van der Waals surface area (Å²) < 4.78 is 31.6. The van der Waals surface area contributed by atoms with Crippen LogP contribution in [0.15, 0.2) is 52.3 Å². The summed E-state index contributed by atoms with van der Waals surface area (Å²) in [5.41, 5.74) is 0.959. The van der Waals surface area contributed by atoms with Gasteiger partial charge in [0.25, 0.3) is 5.91 Å². The number of hydrogen-bond acceptors (Lipinski definition) is 7. The van der Waals surface area contributed by atoms with Crippen molar-refractivity contribution < 1.29 is 17.8 Å². The van der Waals surface area contributed by atoms with Crippen LogP contribution < -0.4 is 10.0 Å². The lowest BCUT2D eigenvalue weighted by molar-refractivity contribution is 0.0954. The molecule has 1 aromatic carbocycles. The van der Waals surface area contributed by atoms with Gasteiger partial charge in [0.15, 0.2) is 5.52 Å². The lowest BCUT2D eigenvalue weighted by Gasteiger charge is -2.08. The number of nitrogens with zero attached hydrogens (tertiary/aromatic N) is 3. The molecule has 1 amide bonds. The smallest absolute Gasteiger partial charge is 0.251 e. The van der Waals surface area contributed by atoms with Gasteiger partial charge in [-0.25, -0.2) is 17.8 Å². The van der Waals surface area contributed by atoms with Crippen molar-refractivity contribution in [3.8, 4) is 0 Å². The zero-order valence-corrected chi connectivity index (χ0v) is 13.2. The average Bonchev–Trinajstić information content (AvgIpc) is 3.08. The molecule has 0 aliphatic heterocycles. The minimum Gasteiger partial charge on any atom is -0.351 e. The van der Waals surface area contributed by atoms with E-state index in [1.54, 1.807) is 24.3 Å². The number of hydrogen-bond donors (Lipinski definition) is 2. The Kier molecular flexibility index (Phi) is 4.49. The minimum absolute atomic E-state index is 0.0262. The van der Waals surface area contributed by atoms with Gasteiger partial charge in [0.1, 0.15) is 10.4 Å². The van der Waals surface area contributed by atoms with Crippen molar-refractivity contribution in [1.82, 2.24) is 25.3 Å². The lowest BCUT2D eigenvalue weighted by Crippen LogP contribution is -2.34. The first-order chi connectivity index (χ1) is 11.6. The van der Waals surface area contributed by atoms with Crippen molar-refractivity contribution >= 4 is 27.0 Å². The van der Waals surface area contributed by atoms with Crippen molar-refractivity contribution in [1.29, 1.82) is 0 Å². The second-order valence-electron chi connectivity index (χ2n) is 4.78. The maximum Gasteiger partial charge on any atom is 0.251 e. The second-order valence-corrected chi connectivity index (χ2v) is 6.51. The normalized spacial score (nSPS) is 11.5. The number of fused-ring (bicyclic) bond motifs is 1. The molecule has 9 nitrogen and oxygen atoms in total. The van der Waals surface area contributed by atoms with Gasteiger partial charge in [0.2, 0.25) is 10.0 Å². The van der Waals surface area contributed by atoms with E-state index < -0.39 is 10.0 Å². The topological polar surface area (TPSA) is 127 Å². The highest BCUT2D eigenvalue weighted by molar-refractivity contribution is 7.89. The van der Waals surface area contributed by atoms with E-state index in [2.05, 4.69) is 30.0 Å². The van der Waals surface area contributed by atoms with Crippen LogP contribution in [-0.4, -0.2) is 42.7 Å². The highest BCUT2D eigenvalue weighted by atomic mass is 32.2. The summed E-state index contributed by atoms with van der Waals surface area (Å²) in [6.07, 6.45) is 3.01. The van der Waals surface area contributed by atoms with E-state index in [4.69, 9.17) is 0 Å². The monoisotopic (exact) mass is 347 g/mol. The van der Waals surface area contributed by atoms with Crippen LogP contribution in [0.1, 0.15) is 10.4 Å². The number of pyridine rings is 1. The molecule has 0 radical (unpaired) electrons. The van der Waals surface area contributed by atoms with Crippen LogP contribution in [0.2, 0.25) is 0 Å². The highest BCUT2D eigenvalue weighted by Crippen LogP contribution is 2.19. The van der Waals surface area contributed by atoms with Crippen LogP contribution in [-0.2, 0) is 10.0 Å². The van der Waals surface area contributed by atoms with Gasteiger partial charge >= 0.3 is 0 Å². The van der Waals surface area contributed by atoms with Crippen LogP contribution in [0.4, 0.5) is 0 Å². The standard InChI is InChI=1S/C14H13N5O4S/c20-14(10-4-6-15-7-5-10)16-8-9-17-24(21,22)12-3-1-2-11-13(12)19-23-18-11/h1-7,17H,8-9H2,(H,16,20). The summed E-state index contributed by atoms with van der Waals surface area (Å²) in [5, 5.41) is 9.82. The molecule has 3 rings (SSSR count). The third kappa shape index (κ3) is 3.39. The Morgan fingerprint density at radius 2 is 1.88 bits per heavy atom. The lowest BCUT2D eigenvalue weighted by atomic mass is 10.2. The van der Waals surface area contributed by atoms with Crippen molar-refractivity contribution in [2.24, 2.45) is 0 Å². The van der Waals surface area contributed by atoms with Crippen LogP contribution >= 0.6 is 0 Å². The highest BCUT2D eigenvalue weighted by Gasteiger charge is 2.19. The van der Waals surface area contributed by atoms with E-state index in [0.717, 1.165) is 0 Å². The van der Waals surface area contributed by atoms with Gasteiger partial charge < -0.3 is 5.32 Å². The van der Waals surface area contributed by atoms with E-state index >= 15 is 0 Å². The predicted octanol–water partition coefficient (Wildman–Crippen LogP) is 0.326. The molecule has 2 aromatic heterocycles. The summed E-state index contributed by atoms with van der Waals surface area (Å²) in [7, 11) is -3.79. The molecule has 0 fully saturated rings. The zero-order valence-electron chi connectivity index (χ0n) is 12.3. The SMILES string of the molecule is O=C(NCCNS(=O)(=O)c1cccc2nonc12)c1ccncc1. The predicted molar refractivity (Wildman–Crippen MR) is 83.6 cm³/mol. The largest absolute Gasteiger partial charge is 0.351 e. The third-order valence-electron chi connectivity index (χ3n) is 3.18.